The Morgan fingerprint density at radius 3 is 2.24 bits per heavy atom. The molecule has 1 aromatic rings. The van der Waals surface area contributed by atoms with E-state index in [4.69, 9.17) is 5.73 Å². The van der Waals surface area contributed by atoms with Crippen LogP contribution in [-0.2, 0) is 20.4 Å². The zero-order chi connectivity index (χ0) is 16.1. The average Bonchev–Trinajstić information content (AvgIpc) is 2.34. The summed E-state index contributed by atoms with van der Waals surface area (Å²) < 4.78 is 63.7. The number of sulfone groups is 1. The quantitative estimate of drug-likeness (QED) is 0.821. The molecule has 9 heteroatoms. The van der Waals surface area contributed by atoms with Crippen molar-refractivity contribution in [1.82, 2.24) is 0 Å². The Bertz CT molecular complexity index is 582. The van der Waals surface area contributed by atoms with Gasteiger partial charge in [-0.3, -0.25) is 4.79 Å². The highest BCUT2D eigenvalue weighted by molar-refractivity contribution is 7.90. The first-order valence-corrected chi connectivity index (χ1v) is 7.67. The standard InChI is InChI=1S/C12H14F3NO4S/c13-12(14,15)8-20-10-3-1-9(2-4-10)7-21(18,19)6-5-11(16)17/h1-4H,5-8H2,(H2,16,17). The monoisotopic (exact) mass is 325 g/mol. The summed E-state index contributed by atoms with van der Waals surface area (Å²) in [5.74, 6) is -1.41. The van der Waals surface area contributed by atoms with Crippen molar-refractivity contribution in [3.05, 3.63) is 29.8 Å². The summed E-state index contributed by atoms with van der Waals surface area (Å²) in [6, 6.07) is 5.22. The molecule has 0 bridgehead atoms. The summed E-state index contributed by atoms with van der Waals surface area (Å²) in [6.45, 7) is -1.41. The Balaban J connectivity index is 2.60. The molecule has 1 aromatic carbocycles. The number of hydrogen-bond donors (Lipinski definition) is 1. The number of primary amides is 1. The molecule has 1 rings (SSSR count). The number of benzene rings is 1. The van der Waals surface area contributed by atoms with E-state index in [1.54, 1.807) is 0 Å². The fourth-order valence-electron chi connectivity index (χ4n) is 1.43. The maximum atomic E-state index is 12.0. The average molecular weight is 325 g/mol. The largest absolute Gasteiger partial charge is 0.484 e. The van der Waals surface area contributed by atoms with Gasteiger partial charge in [0.1, 0.15) is 5.75 Å². The van der Waals surface area contributed by atoms with Crippen LogP contribution in [0.1, 0.15) is 12.0 Å². The molecule has 0 heterocycles. The molecule has 0 unspecified atom stereocenters. The summed E-state index contributed by atoms with van der Waals surface area (Å²) in [5, 5.41) is 0. The van der Waals surface area contributed by atoms with Crippen LogP contribution >= 0.6 is 0 Å². The second-order valence-corrected chi connectivity index (χ2v) is 6.54. The summed E-state index contributed by atoms with van der Waals surface area (Å²) in [4.78, 5) is 10.5. The third-order valence-corrected chi connectivity index (χ3v) is 3.97. The SMILES string of the molecule is NC(=O)CCS(=O)(=O)Cc1ccc(OCC(F)(F)F)cc1. The van der Waals surface area contributed by atoms with E-state index in [-0.39, 0.29) is 23.7 Å². The number of rotatable bonds is 7. The molecule has 0 aliphatic carbocycles. The maximum absolute atomic E-state index is 12.0. The normalized spacial score (nSPS) is 12.1. The zero-order valence-electron chi connectivity index (χ0n) is 10.9. The number of alkyl halides is 3. The number of hydrogen-bond acceptors (Lipinski definition) is 4. The van der Waals surface area contributed by atoms with Crippen molar-refractivity contribution < 1.29 is 31.1 Å². The van der Waals surface area contributed by atoms with E-state index in [9.17, 15) is 26.4 Å². The van der Waals surface area contributed by atoms with Gasteiger partial charge in [0.15, 0.2) is 16.4 Å². The summed E-state index contributed by atoms with van der Waals surface area (Å²) in [5.41, 5.74) is 5.26. The van der Waals surface area contributed by atoms with Gasteiger partial charge in [-0.05, 0) is 17.7 Å². The highest BCUT2D eigenvalue weighted by Gasteiger charge is 2.28. The number of carbonyl (C=O) groups is 1. The highest BCUT2D eigenvalue weighted by Crippen LogP contribution is 2.19. The topological polar surface area (TPSA) is 86.5 Å². The molecule has 0 fully saturated rings. The number of nitrogens with two attached hydrogens (primary N) is 1. The van der Waals surface area contributed by atoms with Gasteiger partial charge in [0.25, 0.3) is 0 Å². The first-order chi connectivity index (χ1) is 9.57. The minimum Gasteiger partial charge on any atom is -0.484 e. The number of halogens is 3. The predicted molar refractivity (Wildman–Crippen MR) is 69.3 cm³/mol. The highest BCUT2D eigenvalue weighted by atomic mass is 32.2. The van der Waals surface area contributed by atoms with E-state index in [0.29, 0.717) is 5.56 Å². The Morgan fingerprint density at radius 2 is 1.76 bits per heavy atom. The molecule has 0 radical (unpaired) electrons. The van der Waals surface area contributed by atoms with Crippen LogP contribution in [0.5, 0.6) is 5.75 Å². The van der Waals surface area contributed by atoms with E-state index < -0.39 is 28.5 Å². The maximum Gasteiger partial charge on any atom is 0.422 e. The second-order valence-electron chi connectivity index (χ2n) is 4.36. The molecule has 0 spiro atoms. The Morgan fingerprint density at radius 1 is 1.19 bits per heavy atom. The lowest BCUT2D eigenvalue weighted by Gasteiger charge is -2.09. The molecular formula is C12H14F3NO4S. The van der Waals surface area contributed by atoms with Gasteiger partial charge >= 0.3 is 6.18 Å². The van der Waals surface area contributed by atoms with Crippen LogP contribution in [0.4, 0.5) is 13.2 Å². The van der Waals surface area contributed by atoms with Gasteiger partial charge in [-0.2, -0.15) is 13.2 Å². The third kappa shape index (κ3) is 7.54. The van der Waals surface area contributed by atoms with Crippen LogP contribution in [0.15, 0.2) is 24.3 Å². The van der Waals surface area contributed by atoms with Crippen molar-refractivity contribution in [2.45, 2.75) is 18.3 Å². The van der Waals surface area contributed by atoms with Crippen molar-refractivity contribution in [1.29, 1.82) is 0 Å². The van der Waals surface area contributed by atoms with E-state index >= 15 is 0 Å². The zero-order valence-corrected chi connectivity index (χ0v) is 11.7. The van der Waals surface area contributed by atoms with E-state index in [2.05, 4.69) is 4.74 Å². The van der Waals surface area contributed by atoms with Crippen LogP contribution in [0.2, 0.25) is 0 Å². The number of ether oxygens (including phenoxy) is 1. The molecule has 1 amide bonds. The van der Waals surface area contributed by atoms with Crippen molar-refractivity contribution in [3.8, 4) is 5.75 Å². The first kappa shape index (κ1) is 17.3. The Labute approximate surface area is 119 Å². The van der Waals surface area contributed by atoms with Crippen molar-refractivity contribution in [2.24, 2.45) is 5.73 Å². The molecule has 5 nitrogen and oxygen atoms in total. The van der Waals surface area contributed by atoms with Crippen LogP contribution < -0.4 is 10.5 Å². The molecule has 2 N–H and O–H groups in total. The fourth-order valence-corrected chi connectivity index (χ4v) is 2.79. The molecule has 118 valence electrons. The smallest absolute Gasteiger partial charge is 0.422 e. The lowest BCUT2D eigenvalue weighted by Crippen LogP contribution is -2.19. The lowest BCUT2D eigenvalue weighted by molar-refractivity contribution is -0.153. The molecule has 0 aliphatic heterocycles. The first-order valence-electron chi connectivity index (χ1n) is 5.85. The van der Waals surface area contributed by atoms with Crippen LogP contribution in [-0.4, -0.2) is 32.9 Å². The minimum absolute atomic E-state index is 0.00870. The summed E-state index contributed by atoms with van der Waals surface area (Å²) in [7, 11) is -3.50. The van der Waals surface area contributed by atoms with Gasteiger partial charge in [0.2, 0.25) is 5.91 Å². The van der Waals surface area contributed by atoms with Crippen molar-refractivity contribution in [3.63, 3.8) is 0 Å². The fraction of sp³-hybridized carbons (Fsp3) is 0.417. The molecule has 0 saturated heterocycles. The van der Waals surface area contributed by atoms with Crippen LogP contribution in [0.3, 0.4) is 0 Å². The summed E-state index contributed by atoms with van der Waals surface area (Å²) in [6.07, 6.45) is -4.70. The number of carbonyl (C=O) groups excluding carboxylic acids is 1. The number of amides is 1. The van der Waals surface area contributed by atoms with Crippen LogP contribution in [0.25, 0.3) is 0 Å². The molecule has 0 atom stereocenters. The second kappa shape index (κ2) is 6.79. The van der Waals surface area contributed by atoms with Gasteiger partial charge in [-0.15, -0.1) is 0 Å². The van der Waals surface area contributed by atoms with Crippen LogP contribution in [0, 0.1) is 0 Å². The van der Waals surface area contributed by atoms with Gasteiger partial charge in [0.05, 0.1) is 11.5 Å². The van der Waals surface area contributed by atoms with Gasteiger partial charge < -0.3 is 10.5 Å². The van der Waals surface area contributed by atoms with E-state index in [0.717, 1.165) is 0 Å². The van der Waals surface area contributed by atoms with E-state index in [1.165, 1.54) is 24.3 Å². The van der Waals surface area contributed by atoms with Crippen molar-refractivity contribution >= 4 is 15.7 Å². The molecule has 21 heavy (non-hydrogen) atoms. The third-order valence-electron chi connectivity index (χ3n) is 2.37. The molecule has 0 saturated carbocycles. The van der Waals surface area contributed by atoms with E-state index in [1.807, 2.05) is 0 Å². The van der Waals surface area contributed by atoms with Crippen molar-refractivity contribution in [2.75, 3.05) is 12.4 Å². The van der Waals surface area contributed by atoms with Gasteiger partial charge in [0, 0.05) is 6.42 Å². The Kier molecular flexibility index (Phi) is 5.59. The molecular weight excluding hydrogens is 311 g/mol. The Hall–Kier alpha value is -1.77. The lowest BCUT2D eigenvalue weighted by atomic mass is 10.2. The van der Waals surface area contributed by atoms with Gasteiger partial charge in [-0.25, -0.2) is 8.42 Å². The molecule has 0 aromatic heterocycles. The predicted octanol–water partition coefficient (Wildman–Crippen LogP) is 1.42. The minimum atomic E-state index is -4.43. The summed E-state index contributed by atoms with van der Waals surface area (Å²) >= 11 is 0. The molecule has 0 aliphatic rings. The van der Waals surface area contributed by atoms with Gasteiger partial charge in [-0.1, -0.05) is 12.1 Å².